The zero-order valence-corrected chi connectivity index (χ0v) is 69.4. The van der Waals surface area contributed by atoms with Crippen LogP contribution < -0.4 is 141 Å². The standard InChI is InChI=1S/C64H44N16O12S8.4Na/c1-29-3-15-47-57(59(29)99(87,88)89)95-63(71-47)33-9-17-45-55(19-33)93-61(69-45)31-5-11-35(12-6-31)73-77-51-27-53(43(67)25-41(51)65)79-75-49-23-37(97(81,82)83)22-40-39(49)21-38(98(84,85)86)24-50(40)76-80-54-28-52(42(66)26-44(54)68)78-74-36-13-7-32(8-14-36)62-70-46-18-10-34(20-56(46)94-62)64-72-48-16-4-30(2)60(58(48)96-64)100(90,91)92;;;;/h3-28H,65-68H2,1-2H3,(H,81,82,83)(H,84,85,86)(H,87,88,89)(H,90,91,92);;;;/q;4*+1/p-4. The average molecular weight is 1570 g/mol. The van der Waals surface area contributed by atoms with Crippen molar-refractivity contribution in [3.8, 4) is 42.3 Å². The van der Waals surface area contributed by atoms with Gasteiger partial charge in [-0.2, -0.15) is 10.2 Å². The Morgan fingerprint density at radius 2 is 0.615 bits per heavy atom. The minimum Gasteiger partial charge on any atom is -0.744 e. The van der Waals surface area contributed by atoms with Gasteiger partial charge in [0.25, 0.3) is 0 Å². The first-order valence-electron chi connectivity index (χ1n) is 28.8. The normalized spacial score (nSPS) is 12.3. The maximum absolute atomic E-state index is 12.7. The largest absolute Gasteiger partial charge is 1.00 e. The van der Waals surface area contributed by atoms with Crippen LogP contribution in [0.3, 0.4) is 0 Å². The summed E-state index contributed by atoms with van der Waals surface area (Å²) in [5.41, 5.74) is 31.0. The summed E-state index contributed by atoms with van der Waals surface area (Å²) in [5.74, 6) is 0. The molecule has 14 rings (SSSR count). The van der Waals surface area contributed by atoms with E-state index in [2.05, 4.69) is 50.9 Å². The number of rotatable bonds is 16. The van der Waals surface area contributed by atoms with Gasteiger partial charge in [-0.3, -0.25) is 0 Å². The number of aryl methyl sites for hydroxylation is 2. The van der Waals surface area contributed by atoms with Gasteiger partial charge >= 0.3 is 118 Å². The van der Waals surface area contributed by atoms with Crippen molar-refractivity contribution in [3.05, 3.63) is 169 Å². The number of benzene rings is 10. The minimum absolute atomic E-state index is 0. The molecule has 0 aliphatic carbocycles. The number of nitrogens with two attached hydrogens (primary N) is 4. The Bertz CT molecular complexity index is 6070. The second-order valence-corrected chi connectivity index (χ2v) is 31.6. The number of thiazole rings is 4. The van der Waals surface area contributed by atoms with Crippen LogP contribution in [0.4, 0.5) is 68.2 Å². The molecule has 500 valence electrons. The summed E-state index contributed by atoms with van der Waals surface area (Å²) < 4.78 is 151. The molecule has 4 heterocycles. The Kier molecular flexibility index (Phi) is 24.0. The first-order chi connectivity index (χ1) is 47.4. The van der Waals surface area contributed by atoms with E-state index in [1.165, 1.54) is 46.9 Å². The molecule has 0 aliphatic rings. The number of azo groups is 4. The number of anilines is 4. The molecular weight excluding hydrogens is 1530 g/mol. The van der Waals surface area contributed by atoms with Crippen molar-refractivity contribution in [2.45, 2.75) is 33.4 Å². The van der Waals surface area contributed by atoms with E-state index in [1.54, 1.807) is 86.6 Å². The molecule has 10 aromatic carbocycles. The van der Waals surface area contributed by atoms with Crippen molar-refractivity contribution in [3.63, 3.8) is 0 Å². The predicted molar refractivity (Wildman–Crippen MR) is 380 cm³/mol. The van der Waals surface area contributed by atoms with Crippen LogP contribution in [0.5, 0.6) is 0 Å². The van der Waals surface area contributed by atoms with Crippen molar-refractivity contribution < 1.29 is 170 Å². The van der Waals surface area contributed by atoms with Crippen molar-refractivity contribution in [2.24, 2.45) is 40.9 Å². The molecule has 0 amide bonds. The molecule has 28 nitrogen and oxygen atoms in total. The average Bonchev–Trinajstić information content (AvgIpc) is 1.74. The Hall–Kier alpha value is -6.74. The maximum Gasteiger partial charge on any atom is 1.00 e. The van der Waals surface area contributed by atoms with Crippen LogP contribution in [-0.2, 0) is 40.5 Å². The van der Waals surface area contributed by atoms with E-state index in [1.807, 2.05) is 36.4 Å². The molecule has 0 spiro atoms. The van der Waals surface area contributed by atoms with E-state index < -0.39 is 61.6 Å². The van der Waals surface area contributed by atoms with E-state index in [0.29, 0.717) is 85.1 Å². The number of aromatic nitrogens is 4. The number of hydrogen-bond donors (Lipinski definition) is 4. The first-order valence-corrected chi connectivity index (χ1v) is 37.7. The molecule has 104 heavy (non-hydrogen) atoms. The fourth-order valence-electron chi connectivity index (χ4n) is 10.5. The molecule has 0 aliphatic heterocycles. The van der Waals surface area contributed by atoms with Gasteiger partial charge in [0, 0.05) is 33.0 Å². The van der Waals surface area contributed by atoms with Crippen LogP contribution >= 0.6 is 45.3 Å². The Morgan fingerprint density at radius 3 is 0.952 bits per heavy atom. The smallest absolute Gasteiger partial charge is 0.744 e. The number of hydrogen-bond acceptors (Lipinski definition) is 32. The number of nitrogens with zero attached hydrogens (tertiary/aromatic N) is 12. The fourth-order valence-corrected chi connectivity index (χ4v) is 18.2. The van der Waals surface area contributed by atoms with Crippen LogP contribution in [0.25, 0.3) is 93.9 Å². The van der Waals surface area contributed by atoms with Gasteiger partial charge in [0.05, 0.1) is 106 Å². The summed E-state index contributed by atoms with van der Waals surface area (Å²) in [6.07, 6.45) is 0. The summed E-state index contributed by atoms with van der Waals surface area (Å²) in [7, 11) is -20.1. The van der Waals surface area contributed by atoms with Gasteiger partial charge in [0.1, 0.15) is 83.3 Å². The summed E-state index contributed by atoms with van der Waals surface area (Å²) >= 11 is 5.05. The molecule has 4 aromatic heterocycles. The molecule has 0 bridgehead atoms. The quantitative estimate of drug-likeness (QED) is 0.0456. The van der Waals surface area contributed by atoms with Gasteiger partial charge in [-0.15, -0.1) is 76.0 Å². The van der Waals surface area contributed by atoms with Crippen molar-refractivity contribution >= 4 is 206 Å². The fraction of sp³-hybridized carbons (Fsp3) is 0.0312. The van der Waals surface area contributed by atoms with Crippen LogP contribution in [0.1, 0.15) is 11.1 Å². The van der Waals surface area contributed by atoms with Gasteiger partial charge in [0.2, 0.25) is 0 Å². The summed E-state index contributed by atoms with van der Waals surface area (Å²) in [5, 5.41) is 36.0. The summed E-state index contributed by atoms with van der Waals surface area (Å²) in [6.45, 7) is 3.12. The molecule has 0 radical (unpaired) electrons. The van der Waals surface area contributed by atoms with Crippen molar-refractivity contribution in [2.75, 3.05) is 22.9 Å². The topological polar surface area (TPSA) is 483 Å². The van der Waals surface area contributed by atoms with E-state index in [4.69, 9.17) is 32.9 Å². The minimum atomic E-state index is -5.29. The van der Waals surface area contributed by atoms with Crippen molar-refractivity contribution in [1.82, 2.24) is 19.9 Å². The predicted octanol–water partition coefficient (Wildman–Crippen LogP) is 4.19. The van der Waals surface area contributed by atoms with E-state index in [-0.39, 0.29) is 184 Å². The van der Waals surface area contributed by atoms with E-state index >= 15 is 0 Å². The zero-order valence-electron chi connectivity index (χ0n) is 54.9. The molecule has 0 fully saturated rings. The van der Waals surface area contributed by atoms with Gasteiger partial charge in [-0.1, -0.05) is 12.1 Å². The molecule has 0 atom stereocenters. The molecule has 8 N–H and O–H groups in total. The molecule has 0 saturated heterocycles. The molecule has 14 aromatic rings. The van der Waals surface area contributed by atoms with E-state index in [0.717, 1.165) is 67.5 Å². The Labute approximate surface area is 695 Å². The Balaban J connectivity index is 0.00000290. The molecule has 0 saturated carbocycles. The summed E-state index contributed by atoms with van der Waals surface area (Å²) in [4.78, 5) is 16.5. The summed E-state index contributed by atoms with van der Waals surface area (Å²) in [6, 6.07) is 40.1. The second kappa shape index (κ2) is 31.2. The third kappa shape index (κ3) is 16.7. The van der Waals surface area contributed by atoms with Gasteiger partial charge in [-0.25, -0.2) is 53.6 Å². The van der Waals surface area contributed by atoms with E-state index in [9.17, 15) is 51.9 Å². The third-order valence-corrected chi connectivity index (χ3v) is 23.7. The van der Waals surface area contributed by atoms with Gasteiger partial charge < -0.3 is 41.1 Å². The molecule has 40 heteroatoms. The van der Waals surface area contributed by atoms with Crippen LogP contribution in [0, 0.1) is 13.8 Å². The second-order valence-electron chi connectivity index (χ2n) is 22.2. The number of fused-ring (bicyclic) bond motifs is 5. The Morgan fingerprint density at radius 1 is 0.317 bits per heavy atom. The number of nitrogen functional groups attached to an aromatic ring is 4. The monoisotopic (exact) mass is 1570 g/mol. The van der Waals surface area contributed by atoms with Crippen molar-refractivity contribution in [1.29, 1.82) is 0 Å². The first kappa shape index (κ1) is 79.8. The third-order valence-electron chi connectivity index (χ3n) is 15.4. The molecular formula is C64H40N16Na4O12S8. The zero-order chi connectivity index (χ0) is 70.5. The van der Waals surface area contributed by atoms with Crippen LogP contribution in [-0.4, -0.2) is 71.8 Å². The van der Waals surface area contributed by atoms with Crippen LogP contribution in [0.2, 0.25) is 0 Å². The van der Waals surface area contributed by atoms with Crippen LogP contribution in [0.15, 0.2) is 218 Å². The molecule has 0 unspecified atom stereocenters. The maximum atomic E-state index is 12.7. The SMILES string of the molecule is Cc1ccc2nc(-c3ccc4nc(-c5ccc(N=Nc6cc(N=Nc7cc(S(=O)(=O)[O-])cc8c(N=Nc9cc(N=Nc%10ccc(-c%11nc%12ccc(-c%13nc%14ccc(C)c(S(=O)(=O)[O-])c%14s%13)cc%12s%11)cc%10)c(N)cc9N)cc(S(=O)(=O)[O-])cc78)c(N)cc6N)cc5)sc4c3)sc2c1S(=O)(=O)[O-].[Na+].[Na+].[Na+].[Na+]. The van der Waals surface area contributed by atoms with Gasteiger partial charge in [-0.05, 0) is 171 Å². The van der Waals surface area contributed by atoms with Gasteiger partial charge in [0.15, 0.2) is 0 Å².